The molecule has 2 aliphatic rings. The van der Waals surface area contributed by atoms with Crippen LogP contribution in [-0.2, 0) is 52.2 Å². The molecule has 0 saturated heterocycles. The predicted octanol–water partition coefficient (Wildman–Crippen LogP) is 9.41. The standard InChI is InChI=1S/C42H35N4O.Pt/c1-41(2,3)30-21-37(46-35-17-8-6-14-31(35)32-15-7-9-18-36(32)46)44-39(22-30)47-38-20-29-25-42(23-27-12-4-5-13-28(27)24-42)26-33(29)40(45-38)34-16-10-11-19-43-34;/h4-17,19-22H,23-26H2,1-3H3;/q-1;. The monoisotopic (exact) mass is 806 g/mol. The first-order valence-corrected chi connectivity index (χ1v) is 16.5. The van der Waals surface area contributed by atoms with Gasteiger partial charge in [0.15, 0.2) is 0 Å². The molecule has 0 aliphatic heterocycles. The molecule has 6 heteroatoms. The molecule has 0 fully saturated rings. The predicted molar refractivity (Wildman–Crippen MR) is 187 cm³/mol. The second-order valence-corrected chi connectivity index (χ2v) is 14.3. The molecule has 3 aromatic carbocycles. The molecule has 9 rings (SSSR count). The minimum absolute atomic E-state index is 0. The van der Waals surface area contributed by atoms with E-state index in [4.69, 9.17) is 19.7 Å². The van der Waals surface area contributed by atoms with Gasteiger partial charge in [-0.05, 0) is 94.0 Å². The molecule has 240 valence electrons. The van der Waals surface area contributed by atoms with Gasteiger partial charge in [-0.25, -0.2) is 4.98 Å². The summed E-state index contributed by atoms with van der Waals surface area (Å²) < 4.78 is 8.90. The van der Waals surface area contributed by atoms with Crippen molar-refractivity contribution in [1.29, 1.82) is 0 Å². The fourth-order valence-electron chi connectivity index (χ4n) is 7.87. The molecule has 4 aromatic heterocycles. The van der Waals surface area contributed by atoms with Gasteiger partial charge in [0.2, 0.25) is 11.8 Å². The molecule has 0 amide bonds. The van der Waals surface area contributed by atoms with E-state index in [2.05, 4.69) is 110 Å². The summed E-state index contributed by atoms with van der Waals surface area (Å²) in [5.41, 5.74) is 10.6. The van der Waals surface area contributed by atoms with E-state index in [0.717, 1.165) is 64.9 Å². The summed E-state index contributed by atoms with van der Waals surface area (Å²) in [6.45, 7) is 6.67. The Kier molecular flexibility index (Phi) is 7.38. The van der Waals surface area contributed by atoms with E-state index in [1.807, 2.05) is 30.5 Å². The zero-order valence-corrected chi connectivity index (χ0v) is 29.5. The molecule has 48 heavy (non-hydrogen) atoms. The van der Waals surface area contributed by atoms with Crippen LogP contribution in [0.3, 0.4) is 0 Å². The van der Waals surface area contributed by atoms with Crippen molar-refractivity contribution in [1.82, 2.24) is 19.5 Å². The van der Waals surface area contributed by atoms with Gasteiger partial charge in [-0.15, -0.1) is 5.39 Å². The summed E-state index contributed by atoms with van der Waals surface area (Å²) in [5.74, 6) is 1.87. The molecule has 0 radical (unpaired) electrons. The Morgan fingerprint density at radius 3 is 2.21 bits per heavy atom. The first-order chi connectivity index (χ1) is 22.8. The summed E-state index contributed by atoms with van der Waals surface area (Å²) in [4.78, 5) is 15.0. The fraction of sp³-hybridized carbons (Fsp3) is 0.214. The van der Waals surface area contributed by atoms with Crippen molar-refractivity contribution >= 4 is 21.8 Å². The van der Waals surface area contributed by atoms with Crippen LogP contribution in [0.2, 0.25) is 0 Å². The first kappa shape index (κ1) is 30.7. The van der Waals surface area contributed by atoms with E-state index in [1.54, 1.807) is 0 Å². The van der Waals surface area contributed by atoms with Crippen LogP contribution in [0, 0.1) is 11.5 Å². The molecule has 4 heterocycles. The maximum atomic E-state index is 6.70. The van der Waals surface area contributed by atoms with Gasteiger partial charge in [-0.3, -0.25) is 4.98 Å². The Labute approximate surface area is 295 Å². The second kappa shape index (κ2) is 11.5. The topological polar surface area (TPSA) is 52.8 Å². The van der Waals surface area contributed by atoms with Crippen molar-refractivity contribution in [2.45, 2.75) is 51.9 Å². The Morgan fingerprint density at radius 2 is 1.44 bits per heavy atom. The second-order valence-electron chi connectivity index (χ2n) is 14.3. The molecule has 5 nitrogen and oxygen atoms in total. The number of nitrogens with zero attached hydrogens (tertiary/aromatic N) is 4. The van der Waals surface area contributed by atoms with Gasteiger partial charge in [-0.2, -0.15) is 29.2 Å². The molecule has 0 N–H and O–H groups in total. The van der Waals surface area contributed by atoms with Gasteiger partial charge in [0.05, 0.1) is 11.4 Å². The van der Waals surface area contributed by atoms with Crippen LogP contribution in [0.15, 0.2) is 109 Å². The third-order valence-corrected chi connectivity index (χ3v) is 10.1. The van der Waals surface area contributed by atoms with Gasteiger partial charge in [0, 0.05) is 44.9 Å². The number of ether oxygens (including phenoxy) is 1. The summed E-state index contributed by atoms with van der Waals surface area (Å²) in [6, 6.07) is 39.4. The van der Waals surface area contributed by atoms with Crippen LogP contribution in [0.5, 0.6) is 11.8 Å². The maximum Gasteiger partial charge on any atom is 0.223 e. The van der Waals surface area contributed by atoms with E-state index >= 15 is 0 Å². The van der Waals surface area contributed by atoms with Gasteiger partial charge in [0.1, 0.15) is 5.82 Å². The molecule has 7 aromatic rings. The average Bonchev–Trinajstić information content (AvgIpc) is 3.73. The molecule has 0 atom stereocenters. The van der Waals surface area contributed by atoms with E-state index in [0.29, 0.717) is 11.8 Å². The van der Waals surface area contributed by atoms with Crippen LogP contribution in [0.1, 0.15) is 48.6 Å². The van der Waals surface area contributed by atoms with Crippen LogP contribution >= 0.6 is 0 Å². The molecule has 0 saturated carbocycles. The number of rotatable bonds is 4. The van der Waals surface area contributed by atoms with Gasteiger partial charge in [-0.1, -0.05) is 74.8 Å². The fourth-order valence-corrected chi connectivity index (χ4v) is 7.87. The van der Waals surface area contributed by atoms with Gasteiger partial charge in [0.25, 0.3) is 0 Å². The molecular weight excluding hydrogens is 772 g/mol. The minimum Gasteiger partial charge on any atom is -0.421 e. The number of fused-ring (bicyclic) bond motifs is 5. The summed E-state index contributed by atoms with van der Waals surface area (Å²) in [6.07, 6.45) is 6.00. The molecule has 0 unspecified atom stereocenters. The molecule has 1 spiro atoms. The van der Waals surface area contributed by atoms with Crippen molar-refractivity contribution in [2.75, 3.05) is 0 Å². The largest absolute Gasteiger partial charge is 0.421 e. The number of pyridine rings is 3. The van der Waals surface area contributed by atoms with Gasteiger partial charge < -0.3 is 9.30 Å². The summed E-state index contributed by atoms with van der Waals surface area (Å²) >= 11 is 0. The third-order valence-electron chi connectivity index (χ3n) is 10.1. The van der Waals surface area contributed by atoms with Crippen molar-refractivity contribution in [3.63, 3.8) is 0 Å². The number of hydrogen-bond acceptors (Lipinski definition) is 4. The zero-order valence-electron chi connectivity index (χ0n) is 27.2. The Bertz CT molecular complexity index is 2260. The number of para-hydroxylation sites is 2. The Balaban J connectivity index is 0.00000336. The summed E-state index contributed by atoms with van der Waals surface area (Å²) in [7, 11) is 0. The van der Waals surface area contributed by atoms with Crippen molar-refractivity contribution in [3.8, 4) is 29.0 Å². The van der Waals surface area contributed by atoms with Crippen molar-refractivity contribution in [3.05, 3.63) is 143 Å². The van der Waals surface area contributed by atoms with E-state index < -0.39 is 0 Å². The average molecular weight is 807 g/mol. The van der Waals surface area contributed by atoms with Crippen LogP contribution in [0.25, 0.3) is 39.0 Å². The Hall–Kier alpha value is -4.60. The molecule has 2 aliphatic carbocycles. The molecule has 0 bridgehead atoms. The van der Waals surface area contributed by atoms with E-state index in [9.17, 15) is 0 Å². The molecular formula is C42H35N4OPt-. The minimum atomic E-state index is -0.132. The van der Waals surface area contributed by atoms with Crippen molar-refractivity contribution < 1.29 is 25.8 Å². The van der Waals surface area contributed by atoms with E-state index in [-0.39, 0.29) is 31.9 Å². The Morgan fingerprint density at radius 1 is 0.729 bits per heavy atom. The van der Waals surface area contributed by atoms with Crippen LogP contribution in [0.4, 0.5) is 0 Å². The van der Waals surface area contributed by atoms with Crippen molar-refractivity contribution in [2.24, 2.45) is 5.41 Å². The van der Waals surface area contributed by atoms with Gasteiger partial charge >= 0.3 is 0 Å². The first-order valence-electron chi connectivity index (χ1n) is 16.5. The normalized spacial score (nSPS) is 14.6. The zero-order chi connectivity index (χ0) is 31.8. The maximum absolute atomic E-state index is 6.70. The SMILES string of the molecule is CC(C)(C)c1cc(Oc2cc3c(c(-c4ccccn4)n2)CC2(Cc4ccccc4C2)C3)nc(-n2c3[c-]cccc3c3ccccc32)c1.[Pt]. The number of aromatic nitrogens is 4. The number of benzene rings is 3. The number of hydrogen-bond donors (Lipinski definition) is 0. The smallest absolute Gasteiger partial charge is 0.223 e. The quantitative estimate of drug-likeness (QED) is 0.167. The summed E-state index contributed by atoms with van der Waals surface area (Å²) in [5, 5.41) is 2.32. The van der Waals surface area contributed by atoms with E-state index in [1.165, 1.54) is 27.6 Å². The van der Waals surface area contributed by atoms with Crippen LogP contribution in [-0.4, -0.2) is 19.5 Å². The van der Waals surface area contributed by atoms with Crippen LogP contribution < -0.4 is 4.74 Å². The third kappa shape index (κ3) is 5.16.